The summed E-state index contributed by atoms with van der Waals surface area (Å²) in [5.41, 5.74) is 7.31. The first kappa shape index (κ1) is 12.8. The fraction of sp³-hybridized carbons (Fsp3) is 0.538. The molecule has 5 nitrogen and oxygen atoms in total. The highest BCUT2D eigenvalue weighted by Gasteiger charge is 2.12. The minimum absolute atomic E-state index is 0.0603. The van der Waals surface area contributed by atoms with Crippen LogP contribution in [0.1, 0.15) is 32.0 Å². The van der Waals surface area contributed by atoms with E-state index in [1.807, 2.05) is 29.5 Å². The number of rotatable bonds is 6. The molecule has 0 saturated heterocycles. The maximum absolute atomic E-state index is 6.21. The lowest BCUT2D eigenvalue weighted by atomic mass is 10.0. The Morgan fingerprint density at radius 2 is 2.17 bits per heavy atom. The molecule has 1 atom stereocenters. The van der Waals surface area contributed by atoms with Gasteiger partial charge in [0.1, 0.15) is 0 Å². The number of aryl methyl sites for hydroxylation is 2. The molecule has 5 heteroatoms. The van der Waals surface area contributed by atoms with Gasteiger partial charge in [0, 0.05) is 31.2 Å². The molecular formula is C13H21N5. The van der Waals surface area contributed by atoms with Gasteiger partial charge in [-0.1, -0.05) is 13.8 Å². The monoisotopic (exact) mass is 247 g/mol. The molecule has 0 spiro atoms. The molecule has 0 aliphatic carbocycles. The van der Waals surface area contributed by atoms with Crippen LogP contribution in [0.2, 0.25) is 0 Å². The molecule has 2 aromatic heterocycles. The van der Waals surface area contributed by atoms with Gasteiger partial charge in [-0.3, -0.25) is 4.68 Å². The van der Waals surface area contributed by atoms with Crippen molar-refractivity contribution in [3.05, 3.63) is 36.7 Å². The van der Waals surface area contributed by atoms with Crippen molar-refractivity contribution in [1.82, 2.24) is 19.3 Å². The largest absolute Gasteiger partial charge is 0.331 e. The Hall–Kier alpha value is -1.62. The number of aromatic nitrogens is 4. The zero-order valence-electron chi connectivity index (χ0n) is 11.0. The quantitative estimate of drug-likeness (QED) is 0.847. The van der Waals surface area contributed by atoms with Crippen LogP contribution in [-0.2, 0) is 13.1 Å². The summed E-state index contributed by atoms with van der Waals surface area (Å²) in [6, 6.07) is 1.99. The number of nitrogens with zero attached hydrogens (tertiary/aromatic N) is 4. The molecule has 0 radical (unpaired) electrons. The van der Waals surface area contributed by atoms with Crippen LogP contribution >= 0.6 is 0 Å². The van der Waals surface area contributed by atoms with E-state index in [1.54, 1.807) is 6.20 Å². The molecule has 1 unspecified atom stereocenters. The molecule has 18 heavy (non-hydrogen) atoms. The van der Waals surface area contributed by atoms with Gasteiger partial charge in [0.05, 0.1) is 18.6 Å². The van der Waals surface area contributed by atoms with Crippen molar-refractivity contribution in [2.45, 2.75) is 39.4 Å². The smallest absolute Gasteiger partial charge is 0.0949 e. The van der Waals surface area contributed by atoms with E-state index in [4.69, 9.17) is 5.73 Å². The first-order valence-electron chi connectivity index (χ1n) is 6.40. The van der Waals surface area contributed by atoms with Crippen molar-refractivity contribution >= 4 is 0 Å². The Kier molecular flexibility index (Phi) is 4.15. The molecule has 0 amide bonds. The Labute approximate surface area is 108 Å². The summed E-state index contributed by atoms with van der Waals surface area (Å²) in [5.74, 6) is 0.592. The molecule has 2 rings (SSSR count). The minimum Gasteiger partial charge on any atom is -0.331 e. The molecule has 0 aliphatic heterocycles. The van der Waals surface area contributed by atoms with E-state index < -0.39 is 0 Å². The second-order valence-corrected chi connectivity index (χ2v) is 5.02. The summed E-state index contributed by atoms with van der Waals surface area (Å²) in [5, 5.41) is 4.19. The summed E-state index contributed by atoms with van der Waals surface area (Å²) in [7, 11) is 0. The molecule has 2 aromatic rings. The van der Waals surface area contributed by atoms with Gasteiger partial charge in [-0.2, -0.15) is 5.10 Å². The lowest BCUT2D eigenvalue weighted by Gasteiger charge is -2.16. The lowest BCUT2D eigenvalue weighted by Crippen LogP contribution is -2.18. The van der Waals surface area contributed by atoms with E-state index in [0.717, 1.165) is 25.2 Å². The van der Waals surface area contributed by atoms with Crippen LogP contribution in [0.25, 0.3) is 0 Å². The van der Waals surface area contributed by atoms with E-state index in [0.29, 0.717) is 5.92 Å². The highest BCUT2D eigenvalue weighted by molar-refractivity contribution is 5.04. The zero-order chi connectivity index (χ0) is 13.0. The molecule has 2 heterocycles. The van der Waals surface area contributed by atoms with Gasteiger partial charge < -0.3 is 10.3 Å². The van der Waals surface area contributed by atoms with Crippen LogP contribution < -0.4 is 5.73 Å². The topological polar surface area (TPSA) is 61.7 Å². The lowest BCUT2D eigenvalue weighted by molar-refractivity contribution is 0.465. The van der Waals surface area contributed by atoms with Gasteiger partial charge in [0.25, 0.3) is 0 Å². The predicted molar refractivity (Wildman–Crippen MR) is 70.8 cm³/mol. The molecule has 2 N–H and O–H groups in total. The third kappa shape index (κ3) is 3.20. The van der Waals surface area contributed by atoms with Crippen molar-refractivity contribution in [2.24, 2.45) is 11.7 Å². The van der Waals surface area contributed by atoms with Gasteiger partial charge in [-0.15, -0.1) is 0 Å². The van der Waals surface area contributed by atoms with Crippen LogP contribution in [0.3, 0.4) is 0 Å². The third-order valence-electron chi connectivity index (χ3n) is 2.98. The Morgan fingerprint density at radius 1 is 1.33 bits per heavy atom. The maximum atomic E-state index is 6.21. The van der Waals surface area contributed by atoms with Gasteiger partial charge in [-0.05, 0) is 18.4 Å². The highest BCUT2D eigenvalue weighted by atomic mass is 15.3. The van der Waals surface area contributed by atoms with Crippen molar-refractivity contribution in [2.75, 3.05) is 0 Å². The van der Waals surface area contributed by atoms with Crippen LogP contribution in [-0.4, -0.2) is 19.3 Å². The average molecular weight is 247 g/mol. The third-order valence-corrected chi connectivity index (χ3v) is 2.98. The number of nitrogens with two attached hydrogens (primary N) is 1. The SMILES string of the molecule is CC(C)CC(N)c1cncn1CCn1cccn1. The van der Waals surface area contributed by atoms with Crippen molar-refractivity contribution in [1.29, 1.82) is 0 Å². The molecule has 0 fully saturated rings. The van der Waals surface area contributed by atoms with Gasteiger partial charge in [0.15, 0.2) is 0 Å². The van der Waals surface area contributed by atoms with E-state index in [9.17, 15) is 0 Å². The fourth-order valence-corrected chi connectivity index (χ4v) is 2.10. The number of hydrogen-bond acceptors (Lipinski definition) is 3. The Balaban J connectivity index is 1.99. The Bertz CT molecular complexity index is 457. The van der Waals surface area contributed by atoms with Crippen molar-refractivity contribution in [3.8, 4) is 0 Å². The van der Waals surface area contributed by atoms with E-state index in [2.05, 4.69) is 28.5 Å². The van der Waals surface area contributed by atoms with Crippen molar-refractivity contribution < 1.29 is 0 Å². The van der Waals surface area contributed by atoms with Gasteiger partial charge in [0.2, 0.25) is 0 Å². The second kappa shape index (κ2) is 5.82. The van der Waals surface area contributed by atoms with Gasteiger partial charge in [-0.25, -0.2) is 4.98 Å². The molecule has 0 aliphatic rings. The first-order chi connectivity index (χ1) is 8.66. The molecule has 0 bridgehead atoms. The van der Waals surface area contributed by atoms with E-state index >= 15 is 0 Å². The normalized spacial score (nSPS) is 13.1. The number of imidazole rings is 1. The molecule has 0 aromatic carbocycles. The summed E-state index contributed by atoms with van der Waals surface area (Å²) in [4.78, 5) is 4.20. The van der Waals surface area contributed by atoms with Crippen molar-refractivity contribution in [3.63, 3.8) is 0 Å². The van der Waals surface area contributed by atoms with E-state index in [1.165, 1.54) is 0 Å². The average Bonchev–Trinajstić information content (AvgIpc) is 2.96. The summed E-state index contributed by atoms with van der Waals surface area (Å²) < 4.78 is 4.03. The van der Waals surface area contributed by atoms with Crippen LogP contribution in [0, 0.1) is 5.92 Å². The van der Waals surface area contributed by atoms with Crippen LogP contribution in [0.5, 0.6) is 0 Å². The van der Waals surface area contributed by atoms with Gasteiger partial charge >= 0.3 is 0 Å². The summed E-state index contributed by atoms with van der Waals surface area (Å²) >= 11 is 0. The molecule has 98 valence electrons. The fourth-order valence-electron chi connectivity index (χ4n) is 2.10. The molecular weight excluding hydrogens is 226 g/mol. The maximum Gasteiger partial charge on any atom is 0.0949 e. The minimum atomic E-state index is 0.0603. The highest BCUT2D eigenvalue weighted by Crippen LogP contribution is 2.18. The summed E-state index contributed by atoms with van der Waals surface area (Å²) in [6.07, 6.45) is 8.45. The van der Waals surface area contributed by atoms with Crippen LogP contribution in [0.4, 0.5) is 0 Å². The first-order valence-corrected chi connectivity index (χ1v) is 6.40. The van der Waals surface area contributed by atoms with E-state index in [-0.39, 0.29) is 6.04 Å². The zero-order valence-corrected chi connectivity index (χ0v) is 11.0. The predicted octanol–water partition coefficient (Wildman–Crippen LogP) is 1.83. The second-order valence-electron chi connectivity index (χ2n) is 5.02. The Morgan fingerprint density at radius 3 is 2.83 bits per heavy atom. The molecule has 0 saturated carbocycles. The number of hydrogen-bond donors (Lipinski definition) is 1. The standard InChI is InChI=1S/C13H21N5/c1-11(2)8-12(14)13-9-15-10-17(13)6-7-18-5-3-4-16-18/h3-5,9-12H,6-8,14H2,1-2H3. The summed E-state index contributed by atoms with van der Waals surface area (Å²) in [6.45, 7) is 6.06. The van der Waals surface area contributed by atoms with Crippen LogP contribution in [0.15, 0.2) is 31.0 Å².